The summed E-state index contributed by atoms with van der Waals surface area (Å²) in [6.45, 7) is 4.00. The molecule has 0 unspecified atom stereocenters. The van der Waals surface area contributed by atoms with E-state index in [2.05, 4.69) is 4.74 Å². The van der Waals surface area contributed by atoms with Crippen LogP contribution < -0.4 is 4.90 Å². The van der Waals surface area contributed by atoms with Crippen molar-refractivity contribution in [3.8, 4) is 0 Å². The highest BCUT2D eigenvalue weighted by atomic mass is 127. The number of methoxy groups -OCH3 is 1. The predicted molar refractivity (Wildman–Crippen MR) is 80.3 cm³/mol. The minimum atomic E-state index is -0.439. The molecule has 0 aliphatic heterocycles. The smallest absolute Gasteiger partial charge is 0.325 e. The molecule has 1 rings (SSSR count). The summed E-state index contributed by atoms with van der Waals surface area (Å²) in [6, 6.07) is 4.66. The Bertz CT molecular complexity index is 491. The summed E-state index contributed by atoms with van der Waals surface area (Å²) >= 11 is 2.03. The van der Waals surface area contributed by atoms with E-state index in [4.69, 9.17) is 0 Å². The average Bonchev–Trinajstić information content (AvgIpc) is 2.35. The summed E-state index contributed by atoms with van der Waals surface area (Å²) in [5.74, 6) is -0.345. The molecule has 0 fully saturated rings. The fourth-order valence-corrected chi connectivity index (χ4v) is 2.40. The van der Waals surface area contributed by atoms with E-state index in [-0.39, 0.29) is 24.2 Å². The van der Waals surface area contributed by atoms with Crippen LogP contribution in [0.4, 0.5) is 11.4 Å². The molecule has 0 radical (unpaired) electrons. The van der Waals surface area contributed by atoms with Gasteiger partial charge in [-0.2, -0.15) is 0 Å². The SMILES string of the molecule is COC(=O)CN(c1ccc([N+](=O)[O-])cc1I)C(C)C. The molecule has 0 saturated carbocycles. The van der Waals surface area contributed by atoms with Gasteiger partial charge in [0, 0.05) is 21.7 Å². The van der Waals surface area contributed by atoms with Crippen molar-refractivity contribution in [1.82, 2.24) is 0 Å². The van der Waals surface area contributed by atoms with E-state index >= 15 is 0 Å². The van der Waals surface area contributed by atoms with E-state index in [0.29, 0.717) is 0 Å². The van der Waals surface area contributed by atoms with Crippen LogP contribution in [0.3, 0.4) is 0 Å². The molecule has 0 aromatic heterocycles. The number of ether oxygens (including phenoxy) is 1. The molecule has 104 valence electrons. The first kappa shape index (κ1) is 15.7. The van der Waals surface area contributed by atoms with Crippen LogP contribution in [0, 0.1) is 13.7 Å². The zero-order valence-electron chi connectivity index (χ0n) is 10.9. The lowest BCUT2D eigenvalue weighted by molar-refractivity contribution is -0.384. The number of halogens is 1. The summed E-state index contributed by atoms with van der Waals surface area (Å²) < 4.78 is 5.39. The topological polar surface area (TPSA) is 72.7 Å². The van der Waals surface area contributed by atoms with Crippen molar-refractivity contribution in [2.24, 2.45) is 0 Å². The first-order valence-electron chi connectivity index (χ1n) is 5.64. The standard InChI is InChI=1S/C12H15IN2O4/c1-8(2)14(7-12(16)19-3)11-5-4-9(15(17)18)6-10(11)13/h4-6,8H,7H2,1-3H3. The molecule has 6 nitrogen and oxygen atoms in total. The van der Waals surface area contributed by atoms with Gasteiger partial charge in [-0.3, -0.25) is 14.9 Å². The number of nitro groups is 1. The first-order chi connectivity index (χ1) is 8.86. The fraction of sp³-hybridized carbons (Fsp3) is 0.417. The lowest BCUT2D eigenvalue weighted by atomic mass is 10.2. The fourth-order valence-electron chi connectivity index (χ4n) is 1.59. The maximum absolute atomic E-state index is 11.4. The second-order valence-corrected chi connectivity index (χ2v) is 5.35. The highest BCUT2D eigenvalue weighted by Gasteiger charge is 2.19. The number of carbonyl (C=O) groups is 1. The van der Waals surface area contributed by atoms with E-state index in [1.54, 1.807) is 6.07 Å². The van der Waals surface area contributed by atoms with Crippen LogP contribution in [-0.2, 0) is 9.53 Å². The minimum absolute atomic E-state index is 0.0370. The molecule has 1 aromatic carbocycles. The molecule has 0 bridgehead atoms. The third-order valence-electron chi connectivity index (χ3n) is 2.60. The Morgan fingerprint density at radius 3 is 2.58 bits per heavy atom. The minimum Gasteiger partial charge on any atom is -0.468 e. The van der Waals surface area contributed by atoms with Crippen LogP contribution in [0.25, 0.3) is 0 Å². The number of rotatable bonds is 5. The predicted octanol–water partition coefficient (Wildman–Crippen LogP) is 2.59. The maximum atomic E-state index is 11.4. The zero-order valence-corrected chi connectivity index (χ0v) is 13.1. The van der Waals surface area contributed by atoms with Gasteiger partial charge in [0.1, 0.15) is 6.54 Å². The van der Waals surface area contributed by atoms with E-state index in [1.807, 2.05) is 41.3 Å². The van der Waals surface area contributed by atoms with Crippen molar-refractivity contribution >= 4 is 39.9 Å². The molecule has 0 N–H and O–H groups in total. The van der Waals surface area contributed by atoms with Gasteiger partial charge in [-0.25, -0.2) is 0 Å². The quantitative estimate of drug-likeness (QED) is 0.341. The molecule has 1 aromatic rings. The van der Waals surface area contributed by atoms with E-state index in [9.17, 15) is 14.9 Å². The van der Waals surface area contributed by atoms with Crippen LogP contribution in [-0.4, -0.2) is 30.6 Å². The molecule has 0 spiro atoms. The highest BCUT2D eigenvalue weighted by molar-refractivity contribution is 14.1. The molecule has 0 aliphatic carbocycles. The lowest BCUT2D eigenvalue weighted by Crippen LogP contribution is -2.36. The molecule has 0 saturated heterocycles. The molecule has 0 amide bonds. The second-order valence-electron chi connectivity index (χ2n) is 4.19. The molecular formula is C12H15IN2O4. The van der Waals surface area contributed by atoms with Crippen molar-refractivity contribution in [3.63, 3.8) is 0 Å². The average molecular weight is 378 g/mol. The number of carbonyl (C=O) groups excluding carboxylic acids is 1. The van der Waals surface area contributed by atoms with E-state index < -0.39 is 4.92 Å². The Morgan fingerprint density at radius 2 is 2.16 bits per heavy atom. The number of hydrogen-bond donors (Lipinski definition) is 0. The number of esters is 1. The molecule has 0 aliphatic rings. The van der Waals surface area contributed by atoms with Crippen LogP contribution in [0.15, 0.2) is 18.2 Å². The number of nitrogens with zero attached hydrogens (tertiary/aromatic N) is 2. The molecule has 0 heterocycles. The summed E-state index contributed by atoms with van der Waals surface area (Å²) in [6.07, 6.45) is 0. The van der Waals surface area contributed by atoms with Gasteiger partial charge in [0.25, 0.3) is 5.69 Å². The monoisotopic (exact) mass is 378 g/mol. The maximum Gasteiger partial charge on any atom is 0.325 e. The lowest BCUT2D eigenvalue weighted by Gasteiger charge is -2.28. The van der Waals surface area contributed by atoms with Crippen LogP contribution in [0.2, 0.25) is 0 Å². The van der Waals surface area contributed by atoms with Crippen molar-refractivity contribution in [2.45, 2.75) is 19.9 Å². The largest absolute Gasteiger partial charge is 0.468 e. The van der Waals surface area contributed by atoms with Crippen LogP contribution in [0.1, 0.15) is 13.8 Å². The van der Waals surface area contributed by atoms with Gasteiger partial charge >= 0.3 is 5.97 Å². The second kappa shape index (κ2) is 6.69. The highest BCUT2D eigenvalue weighted by Crippen LogP contribution is 2.28. The van der Waals surface area contributed by atoms with Gasteiger partial charge in [-0.15, -0.1) is 0 Å². The molecule has 0 atom stereocenters. The van der Waals surface area contributed by atoms with Gasteiger partial charge in [0.05, 0.1) is 17.7 Å². The van der Waals surface area contributed by atoms with Crippen molar-refractivity contribution in [1.29, 1.82) is 0 Å². The Balaban J connectivity index is 3.09. The molecule has 7 heteroatoms. The molecule has 19 heavy (non-hydrogen) atoms. The Hall–Kier alpha value is -1.38. The number of anilines is 1. The Kier molecular flexibility index (Phi) is 5.52. The van der Waals surface area contributed by atoms with Crippen LogP contribution in [0.5, 0.6) is 0 Å². The number of non-ortho nitro benzene ring substituents is 1. The number of benzene rings is 1. The van der Waals surface area contributed by atoms with Gasteiger partial charge in [0.15, 0.2) is 0 Å². The normalized spacial score (nSPS) is 10.4. The van der Waals surface area contributed by atoms with Crippen molar-refractivity contribution < 1.29 is 14.5 Å². The van der Waals surface area contributed by atoms with Gasteiger partial charge in [0.2, 0.25) is 0 Å². The van der Waals surface area contributed by atoms with Gasteiger partial charge < -0.3 is 9.64 Å². The number of hydrogen-bond acceptors (Lipinski definition) is 5. The molecular weight excluding hydrogens is 363 g/mol. The third-order valence-corrected chi connectivity index (χ3v) is 3.47. The third kappa shape index (κ3) is 4.05. The summed E-state index contributed by atoms with van der Waals surface area (Å²) in [7, 11) is 1.33. The summed E-state index contributed by atoms with van der Waals surface area (Å²) in [4.78, 5) is 23.5. The summed E-state index contributed by atoms with van der Waals surface area (Å²) in [5, 5.41) is 10.7. The van der Waals surface area contributed by atoms with Crippen LogP contribution >= 0.6 is 22.6 Å². The van der Waals surface area contributed by atoms with Crippen molar-refractivity contribution in [2.75, 3.05) is 18.6 Å². The Morgan fingerprint density at radius 1 is 1.53 bits per heavy atom. The van der Waals surface area contributed by atoms with Gasteiger partial charge in [-0.05, 0) is 42.5 Å². The summed E-state index contributed by atoms with van der Waals surface area (Å²) in [5.41, 5.74) is 0.821. The van der Waals surface area contributed by atoms with Crippen molar-refractivity contribution in [3.05, 3.63) is 31.9 Å². The van der Waals surface area contributed by atoms with Gasteiger partial charge in [-0.1, -0.05) is 0 Å². The van der Waals surface area contributed by atoms with E-state index in [0.717, 1.165) is 9.26 Å². The first-order valence-corrected chi connectivity index (χ1v) is 6.72. The Labute approximate surface area is 125 Å². The number of nitro benzene ring substituents is 1. The van der Waals surface area contributed by atoms with E-state index in [1.165, 1.54) is 19.2 Å². The zero-order chi connectivity index (χ0) is 14.6.